The van der Waals surface area contributed by atoms with Crippen LogP contribution in [0, 0.1) is 11.8 Å². The number of amides is 3. The molecule has 2 N–H and O–H groups in total. The van der Waals surface area contributed by atoms with Crippen LogP contribution in [0.15, 0.2) is 18.2 Å². The first-order chi connectivity index (χ1) is 9.65. The highest BCUT2D eigenvalue weighted by Gasteiger charge is 2.28. The van der Waals surface area contributed by atoms with Gasteiger partial charge in [-0.2, -0.15) is 0 Å². The normalized spacial score (nSPS) is 13.8. The zero-order valence-electron chi connectivity index (χ0n) is 11.0. The first kappa shape index (κ1) is 13.9. The van der Waals surface area contributed by atoms with E-state index < -0.39 is 6.03 Å². The molecule has 0 aromatic heterocycles. The maximum absolute atomic E-state index is 11.5. The lowest BCUT2D eigenvalue weighted by atomic mass is 10.1. The Morgan fingerprint density at radius 2 is 2.25 bits per heavy atom. The number of carbonyl (C=O) groups excluding carboxylic acids is 2. The minimum absolute atomic E-state index is 0.0339. The van der Waals surface area contributed by atoms with Gasteiger partial charge in [-0.1, -0.05) is 17.9 Å². The zero-order chi connectivity index (χ0) is 14.5. The predicted molar refractivity (Wildman–Crippen MR) is 70.9 cm³/mol. The van der Waals surface area contributed by atoms with Gasteiger partial charge in [0.15, 0.2) is 0 Å². The summed E-state index contributed by atoms with van der Waals surface area (Å²) in [6.45, 7) is -0.0327. The van der Waals surface area contributed by atoms with E-state index >= 15 is 0 Å². The number of aliphatic hydroxyl groups excluding tert-OH is 1. The Morgan fingerprint density at radius 3 is 2.85 bits per heavy atom. The second kappa shape index (κ2) is 6.08. The number of hydrogen-bond donors (Lipinski definition) is 2. The van der Waals surface area contributed by atoms with Gasteiger partial charge in [0.2, 0.25) is 5.91 Å². The Kier molecular flexibility index (Phi) is 4.23. The van der Waals surface area contributed by atoms with Crippen molar-refractivity contribution < 1.29 is 19.4 Å². The van der Waals surface area contributed by atoms with Crippen LogP contribution in [-0.2, 0) is 11.3 Å². The summed E-state index contributed by atoms with van der Waals surface area (Å²) in [6, 6.07) is 4.83. The SMILES string of the molecule is COc1ccc(CN2C(=O)CNC2=O)cc1C#CCO. The van der Waals surface area contributed by atoms with E-state index in [0.29, 0.717) is 11.3 Å². The maximum Gasteiger partial charge on any atom is 0.324 e. The quantitative estimate of drug-likeness (QED) is 0.605. The Balaban J connectivity index is 2.24. The highest BCUT2D eigenvalue weighted by atomic mass is 16.5. The van der Waals surface area contributed by atoms with Crippen molar-refractivity contribution in [3.63, 3.8) is 0 Å². The minimum Gasteiger partial charge on any atom is -0.495 e. The summed E-state index contributed by atoms with van der Waals surface area (Å²) in [5.41, 5.74) is 1.37. The summed E-state index contributed by atoms with van der Waals surface area (Å²) < 4.78 is 5.17. The molecule has 0 unspecified atom stereocenters. The molecule has 6 nitrogen and oxygen atoms in total. The maximum atomic E-state index is 11.5. The molecular formula is C14H14N2O4. The van der Waals surface area contributed by atoms with Gasteiger partial charge in [-0.05, 0) is 17.7 Å². The van der Waals surface area contributed by atoms with Gasteiger partial charge in [-0.15, -0.1) is 0 Å². The molecule has 2 rings (SSSR count). The summed E-state index contributed by atoms with van der Waals surface area (Å²) in [5, 5.41) is 11.2. The number of imide groups is 1. The Hall–Kier alpha value is -2.52. The predicted octanol–water partition coefficient (Wildman–Crippen LogP) is 0.0908. The smallest absolute Gasteiger partial charge is 0.324 e. The molecule has 20 heavy (non-hydrogen) atoms. The topological polar surface area (TPSA) is 78.9 Å². The average molecular weight is 274 g/mol. The summed E-state index contributed by atoms with van der Waals surface area (Å²) in [7, 11) is 1.52. The molecule has 1 heterocycles. The van der Waals surface area contributed by atoms with Gasteiger partial charge >= 0.3 is 6.03 Å². The van der Waals surface area contributed by atoms with Gasteiger partial charge in [-0.25, -0.2) is 4.79 Å². The van der Waals surface area contributed by atoms with E-state index in [0.717, 1.165) is 10.5 Å². The largest absolute Gasteiger partial charge is 0.495 e. The van der Waals surface area contributed by atoms with Crippen molar-refractivity contribution in [3.8, 4) is 17.6 Å². The molecule has 1 aromatic rings. The minimum atomic E-state index is -0.395. The van der Waals surface area contributed by atoms with Crippen molar-refractivity contribution in [1.82, 2.24) is 10.2 Å². The van der Waals surface area contributed by atoms with E-state index in [1.807, 2.05) is 0 Å². The molecule has 0 aliphatic carbocycles. The molecule has 3 amide bonds. The van der Waals surface area contributed by atoms with Crippen LogP contribution in [0.25, 0.3) is 0 Å². The number of nitrogens with zero attached hydrogens (tertiary/aromatic N) is 1. The van der Waals surface area contributed by atoms with Crippen LogP contribution < -0.4 is 10.1 Å². The van der Waals surface area contributed by atoms with Crippen LogP contribution in [0.2, 0.25) is 0 Å². The van der Waals surface area contributed by atoms with Crippen LogP contribution in [0.1, 0.15) is 11.1 Å². The molecule has 0 saturated carbocycles. The molecule has 0 spiro atoms. The monoisotopic (exact) mass is 274 g/mol. The second-order valence-corrected chi connectivity index (χ2v) is 4.13. The van der Waals surface area contributed by atoms with Gasteiger partial charge in [-0.3, -0.25) is 9.69 Å². The number of nitrogens with one attached hydrogen (secondary N) is 1. The van der Waals surface area contributed by atoms with Crippen molar-refractivity contribution in [2.24, 2.45) is 0 Å². The third-order valence-corrected chi connectivity index (χ3v) is 2.84. The average Bonchev–Trinajstić information content (AvgIpc) is 2.77. The third-order valence-electron chi connectivity index (χ3n) is 2.84. The number of hydrogen-bond acceptors (Lipinski definition) is 4. The number of carbonyl (C=O) groups is 2. The van der Waals surface area contributed by atoms with Crippen LogP contribution in [0.5, 0.6) is 5.75 Å². The van der Waals surface area contributed by atoms with Crippen molar-refractivity contribution in [1.29, 1.82) is 0 Å². The lowest BCUT2D eigenvalue weighted by Gasteiger charge is -2.13. The van der Waals surface area contributed by atoms with E-state index in [1.165, 1.54) is 7.11 Å². The Morgan fingerprint density at radius 1 is 1.45 bits per heavy atom. The number of methoxy groups -OCH3 is 1. The van der Waals surface area contributed by atoms with Crippen molar-refractivity contribution >= 4 is 11.9 Å². The summed E-state index contributed by atoms with van der Waals surface area (Å²) >= 11 is 0. The van der Waals surface area contributed by atoms with Gasteiger partial charge in [0.1, 0.15) is 12.4 Å². The number of rotatable bonds is 3. The van der Waals surface area contributed by atoms with Gasteiger partial charge < -0.3 is 15.2 Å². The lowest BCUT2D eigenvalue weighted by Crippen LogP contribution is -2.30. The van der Waals surface area contributed by atoms with Crippen molar-refractivity contribution in [3.05, 3.63) is 29.3 Å². The van der Waals surface area contributed by atoms with Crippen LogP contribution in [-0.4, -0.2) is 42.2 Å². The van der Waals surface area contributed by atoms with E-state index in [1.54, 1.807) is 18.2 Å². The fourth-order valence-corrected chi connectivity index (χ4v) is 1.88. The highest BCUT2D eigenvalue weighted by molar-refractivity contribution is 6.01. The molecule has 0 radical (unpaired) electrons. The number of ether oxygens (including phenoxy) is 1. The second-order valence-electron chi connectivity index (χ2n) is 4.13. The highest BCUT2D eigenvalue weighted by Crippen LogP contribution is 2.20. The van der Waals surface area contributed by atoms with E-state index in [2.05, 4.69) is 17.2 Å². The molecule has 6 heteroatoms. The van der Waals surface area contributed by atoms with Crippen molar-refractivity contribution in [2.75, 3.05) is 20.3 Å². The fraction of sp³-hybridized carbons (Fsp3) is 0.286. The summed E-state index contributed by atoms with van der Waals surface area (Å²) in [5.74, 6) is 5.64. The Labute approximate surface area is 116 Å². The molecule has 0 atom stereocenters. The number of benzene rings is 1. The number of aliphatic hydroxyl groups is 1. The number of urea groups is 1. The van der Waals surface area contributed by atoms with Crippen molar-refractivity contribution in [2.45, 2.75) is 6.54 Å². The zero-order valence-corrected chi connectivity index (χ0v) is 11.0. The molecule has 0 bridgehead atoms. The van der Waals surface area contributed by atoms with Gasteiger partial charge in [0.05, 0.1) is 25.8 Å². The van der Waals surface area contributed by atoms with E-state index in [9.17, 15) is 9.59 Å². The molecule has 1 aliphatic rings. The van der Waals surface area contributed by atoms with Crippen LogP contribution >= 0.6 is 0 Å². The first-order valence-electron chi connectivity index (χ1n) is 6.00. The first-order valence-corrected chi connectivity index (χ1v) is 6.00. The summed E-state index contributed by atoms with van der Waals surface area (Å²) in [6.07, 6.45) is 0. The van der Waals surface area contributed by atoms with E-state index in [-0.39, 0.29) is 25.6 Å². The van der Waals surface area contributed by atoms with Crippen LogP contribution in [0.4, 0.5) is 4.79 Å². The molecule has 1 aliphatic heterocycles. The van der Waals surface area contributed by atoms with E-state index in [4.69, 9.17) is 9.84 Å². The van der Waals surface area contributed by atoms with Crippen LogP contribution in [0.3, 0.4) is 0 Å². The molecule has 1 aromatic carbocycles. The van der Waals surface area contributed by atoms with Gasteiger partial charge in [0, 0.05) is 0 Å². The summed E-state index contributed by atoms with van der Waals surface area (Å²) in [4.78, 5) is 24.1. The molecular weight excluding hydrogens is 260 g/mol. The molecule has 1 fully saturated rings. The lowest BCUT2D eigenvalue weighted by molar-refractivity contribution is -0.125. The fourth-order valence-electron chi connectivity index (χ4n) is 1.88. The standard InChI is InChI=1S/C14H14N2O4/c1-20-12-5-4-10(7-11(12)3-2-6-17)9-16-13(18)8-15-14(16)19/h4-5,7,17H,6,8-9H2,1H3,(H,15,19). The van der Waals surface area contributed by atoms with Gasteiger partial charge in [0.25, 0.3) is 0 Å². The Bertz CT molecular complexity index is 585. The molecule has 104 valence electrons. The third kappa shape index (κ3) is 2.90. The molecule has 1 saturated heterocycles.